The van der Waals surface area contributed by atoms with Crippen LogP contribution in [0.25, 0.3) is 27.6 Å². The van der Waals surface area contributed by atoms with Gasteiger partial charge in [-0.2, -0.15) is 5.10 Å². The number of rotatable bonds is 1. The molecule has 0 aliphatic carbocycles. The van der Waals surface area contributed by atoms with Crippen molar-refractivity contribution in [1.82, 2.24) is 9.78 Å². The number of hydrogen-bond acceptors (Lipinski definition) is 3. The molecule has 2 aromatic heterocycles. The van der Waals surface area contributed by atoms with Crippen molar-refractivity contribution in [2.75, 3.05) is 0 Å². The van der Waals surface area contributed by atoms with E-state index in [1.165, 1.54) is 12.1 Å². The molecule has 0 amide bonds. The third-order valence-corrected chi connectivity index (χ3v) is 3.37. The average molecular weight is 280 g/mol. The summed E-state index contributed by atoms with van der Waals surface area (Å²) in [6.45, 7) is 0. The molecule has 4 rings (SSSR count). The highest BCUT2D eigenvalue weighted by atomic mass is 19.1. The van der Waals surface area contributed by atoms with E-state index < -0.39 is 5.63 Å². The van der Waals surface area contributed by atoms with Crippen LogP contribution in [0, 0.1) is 5.82 Å². The van der Waals surface area contributed by atoms with Crippen LogP contribution in [0.5, 0.6) is 0 Å². The molecule has 0 fully saturated rings. The molecular formula is C16H9FN2O2. The van der Waals surface area contributed by atoms with Crippen LogP contribution < -0.4 is 5.63 Å². The second kappa shape index (κ2) is 4.28. The normalized spacial score (nSPS) is 11.3. The lowest BCUT2D eigenvalue weighted by Gasteiger charge is -1.99. The van der Waals surface area contributed by atoms with E-state index in [9.17, 15) is 9.18 Å². The molecule has 2 heterocycles. The zero-order chi connectivity index (χ0) is 14.4. The predicted octanol–water partition coefficient (Wildman–Crippen LogP) is 3.27. The molecule has 0 N–H and O–H groups in total. The lowest BCUT2D eigenvalue weighted by Crippen LogP contribution is -1.97. The van der Waals surface area contributed by atoms with Crippen molar-refractivity contribution < 1.29 is 8.81 Å². The highest BCUT2D eigenvalue weighted by Gasteiger charge is 2.12. The van der Waals surface area contributed by atoms with E-state index in [-0.39, 0.29) is 5.82 Å². The van der Waals surface area contributed by atoms with E-state index in [0.717, 1.165) is 5.39 Å². The van der Waals surface area contributed by atoms with Gasteiger partial charge in [-0.15, -0.1) is 0 Å². The Morgan fingerprint density at radius 1 is 1.00 bits per heavy atom. The number of halogens is 1. The molecular weight excluding hydrogens is 271 g/mol. The number of fused-ring (bicyclic) bond motifs is 3. The van der Waals surface area contributed by atoms with Crippen molar-refractivity contribution in [3.63, 3.8) is 0 Å². The van der Waals surface area contributed by atoms with Crippen molar-refractivity contribution in [2.45, 2.75) is 0 Å². The number of nitrogens with zero attached hydrogens (tertiary/aromatic N) is 2. The zero-order valence-electron chi connectivity index (χ0n) is 10.8. The molecule has 0 aliphatic heterocycles. The van der Waals surface area contributed by atoms with Crippen molar-refractivity contribution in [1.29, 1.82) is 0 Å². The van der Waals surface area contributed by atoms with Gasteiger partial charge in [0.2, 0.25) is 0 Å². The maximum atomic E-state index is 13.0. The Hall–Kier alpha value is -2.95. The lowest BCUT2D eigenvalue weighted by atomic mass is 10.2. The number of aromatic nitrogens is 2. The predicted molar refractivity (Wildman–Crippen MR) is 77.1 cm³/mol. The van der Waals surface area contributed by atoms with Crippen molar-refractivity contribution in [3.05, 3.63) is 71.0 Å². The van der Waals surface area contributed by atoms with E-state index in [1.54, 1.807) is 35.1 Å². The first-order valence-electron chi connectivity index (χ1n) is 6.39. The molecule has 0 spiro atoms. The summed E-state index contributed by atoms with van der Waals surface area (Å²) >= 11 is 0. The molecule has 2 aromatic carbocycles. The van der Waals surface area contributed by atoms with Gasteiger partial charge in [0.15, 0.2) is 0 Å². The molecule has 0 saturated carbocycles. The number of para-hydroxylation sites is 1. The molecule has 0 unspecified atom stereocenters. The first-order valence-corrected chi connectivity index (χ1v) is 6.39. The van der Waals surface area contributed by atoms with E-state index in [1.807, 2.05) is 12.1 Å². The topological polar surface area (TPSA) is 48.0 Å². The minimum absolute atomic E-state index is 0.319. The molecule has 21 heavy (non-hydrogen) atoms. The van der Waals surface area contributed by atoms with Gasteiger partial charge in [-0.1, -0.05) is 12.1 Å². The van der Waals surface area contributed by atoms with E-state index >= 15 is 0 Å². The third kappa shape index (κ3) is 1.82. The summed E-state index contributed by atoms with van der Waals surface area (Å²) in [5.41, 5.74) is 1.32. The highest BCUT2D eigenvalue weighted by molar-refractivity contribution is 6.01. The molecule has 5 heteroatoms. The van der Waals surface area contributed by atoms with Gasteiger partial charge in [-0.3, -0.25) is 0 Å². The summed E-state index contributed by atoms with van der Waals surface area (Å²) in [7, 11) is 0. The molecule has 102 valence electrons. The summed E-state index contributed by atoms with van der Waals surface area (Å²) in [5, 5.41) is 5.61. The van der Waals surface area contributed by atoms with Crippen LogP contribution in [0.2, 0.25) is 0 Å². The largest absolute Gasteiger partial charge is 0.422 e. The Bertz CT molecular complexity index is 1020. The molecule has 4 aromatic rings. The van der Waals surface area contributed by atoms with Crippen LogP contribution >= 0.6 is 0 Å². The third-order valence-electron chi connectivity index (χ3n) is 3.37. The van der Waals surface area contributed by atoms with Gasteiger partial charge in [-0.25, -0.2) is 13.9 Å². The summed E-state index contributed by atoms with van der Waals surface area (Å²) in [4.78, 5) is 12.0. The Morgan fingerprint density at radius 2 is 1.76 bits per heavy atom. The fraction of sp³-hybridized carbons (Fsp3) is 0. The minimum atomic E-state index is -0.433. The first-order chi connectivity index (χ1) is 10.2. The standard InChI is InChI=1S/C16H9FN2O2/c17-10-5-7-11(8-6-10)19-9-13-15(18-19)12-3-1-2-4-14(12)21-16(13)20/h1-9H. The smallest absolute Gasteiger partial charge is 0.347 e. The van der Waals surface area contributed by atoms with E-state index in [2.05, 4.69) is 5.10 Å². The van der Waals surface area contributed by atoms with Crippen LogP contribution in [0.15, 0.2) is 63.9 Å². The van der Waals surface area contributed by atoms with Crippen LogP contribution in [0.4, 0.5) is 4.39 Å². The summed E-state index contributed by atoms with van der Waals surface area (Å²) in [6, 6.07) is 13.1. The average Bonchev–Trinajstić information content (AvgIpc) is 2.94. The fourth-order valence-corrected chi connectivity index (χ4v) is 2.35. The van der Waals surface area contributed by atoms with Gasteiger partial charge in [0.1, 0.15) is 22.3 Å². The Morgan fingerprint density at radius 3 is 2.57 bits per heavy atom. The van der Waals surface area contributed by atoms with Crippen molar-refractivity contribution in [3.8, 4) is 5.69 Å². The van der Waals surface area contributed by atoms with Gasteiger partial charge in [0.05, 0.1) is 5.69 Å². The van der Waals surface area contributed by atoms with Crippen LogP contribution in [0.1, 0.15) is 0 Å². The van der Waals surface area contributed by atoms with Gasteiger partial charge in [-0.05, 0) is 36.4 Å². The Labute approximate surface area is 118 Å². The van der Waals surface area contributed by atoms with Crippen LogP contribution in [0.3, 0.4) is 0 Å². The van der Waals surface area contributed by atoms with E-state index in [0.29, 0.717) is 22.2 Å². The lowest BCUT2D eigenvalue weighted by molar-refractivity contribution is 0.569. The van der Waals surface area contributed by atoms with Crippen LogP contribution in [-0.4, -0.2) is 9.78 Å². The van der Waals surface area contributed by atoms with Gasteiger partial charge in [0.25, 0.3) is 0 Å². The molecule has 0 atom stereocenters. The van der Waals surface area contributed by atoms with Crippen molar-refractivity contribution >= 4 is 21.9 Å². The van der Waals surface area contributed by atoms with Crippen LogP contribution in [-0.2, 0) is 0 Å². The second-order valence-corrected chi connectivity index (χ2v) is 4.70. The second-order valence-electron chi connectivity index (χ2n) is 4.70. The van der Waals surface area contributed by atoms with Gasteiger partial charge in [0, 0.05) is 11.6 Å². The highest BCUT2D eigenvalue weighted by Crippen LogP contribution is 2.22. The fourth-order valence-electron chi connectivity index (χ4n) is 2.35. The molecule has 0 saturated heterocycles. The molecule has 0 aliphatic rings. The van der Waals surface area contributed by atoms with E-state index in [4.69, 9.17) is 4.42 Å². The monoisotopic (exact) mass is 280 g/mol. The maximum absolute atomic E-state index is 13.0. The molecule has 0 bridgehead atoms. The summed E-state index contributed by atoms with van der Waals surface area (Å²) < 4.78 is 19.8. The summed E-state index contributed by atoms with van der Waals surface area (Å²) in [6.07, 6.45) is 1.60. The maximum Gasteiger partial charge on any atom is 0.347 e. The molecule has 4 nitrogen and oxygen atoms in total. The quantitative estimate of drug-likeness (QED) is 0.503. The van der Waals surface area contributed by atoms with Gasteiger partial charge < -0.3 is 4.42 Å². The Balaban J connectivity index is 2.05. The zero-order valence-corrected chi connectivity index (χ0v) is 10.8. The van der Waals surface area contributed by atoms with Crippen molar-refractivity contribution in [2.24, 2.45) is 0 Å². The first kappa shape index (κ1) is 11.8. The minimum Gasteiger partial charge on any atom is -0.422 e. The summed E-state index contributed by atoms with van der Waals surface area (Å²) in [5.74, 6) is -0.319. The number of hydrogen-bond donors (Lipinski definition) is 0. The SMILES string of the molecule is O=c1oc2ccccc2c2nn(-c3ccc(F)cc3)cc12. The molecule has 0 radical (unpaired) electrons. The Kier molecular flexibility index (Phi) is 2.41. The number of benzene rings is 2. The van der Waals surface area contributed by atoms with Gasteiger partial charge >= 0.3 is 5.63 Å².